The van der Waals surface area contributed by atoms with Crippen LogP contribution in [0.1, 0.15) is 34.1 Å². The molecular weight excluding hydrogens is 152 g/mol. The van der Waals surface area contributed by atoms with Gasteiger partial charge in [0.1, 0.15) is 0 Å². The summed E-state index contributed by atoms with van der Waals surface area (Å²) < 4.78 is 5.51. The third-order valence-corrected chi connectivity index (χ3v) is 2.26. The highest BCUT2D eigenvalue weighted by atomic mass is 16.5. The van der Waals surface area contributed by atoms with Gasteiger partial charge in [-0.1, -0.05) is 6.08 Å². The van der Waals surface area contributed by atoms with Gasteiger partial charge >= 0.3 is 0 Å². The second kappa shape index (κ2) is 4.06. The van der Waals surface area contributed by atoms with Crippen LogP contribution in [0.15, 0.2) is 12.7 Å². The summed E-state index contributed by atoms with van der Waals surface area (Å²) in [5.74, 6) is 0. The number of hydrogen-bond acceptors (Lipinski definition) is 2. The molecule has 0 unspecified atom stereocenters. The Morgan fingerprint density at radius 3 is 2.17 bits per heavy atom. The summed E-state index contributed by atoms with van der Waals surface area (Å²) in [6, 6.07) is 0. The van der Waals surface area contributed by atoms with Gasteiger partial charge in [-0.15, -0.1) is 6.58 Å². The van der Waals surface area contributed by atoms with Gasteiger partial charge in [-0.3, -0.25) is 0 Å². The molecule has 0 fully saturated rings. The van der Waals surface area contributed by atoms with E-state index in [1.165, 1.54) is 0 Å². The van der Waals surface area contributed by atoms with Crippen molar-refractivity contribution >= 4 is 0 Å². The van der Waals surface area contributed by atoms with Crippen molar-refractivity contribution in [3.05, 3.63) is 12.7 Å². The topological polar surface area (TPSA) is 29.5 Å². The molecule has 0 rings (SSSR count). The third kappa shape index (κ3) is 3.37. The molecule has 0 aliphatic carbocycles. The monoisotopic (exact) mass is 172 g/mol. The van der Waals surface area contributed by atoms with Gasteiger partial charge in [0.2, 0.25) is 0 Å². The predicted octanol–water partition coefficient (Wildman–Crippen LogP) is 2.13. The molecule has 2 nitrogen and oxygen atoms in total. The van der Waals surface area contributed by atoms with Gasteiger partial charge in [0, 0.05) is 0 Å². The van der Waals surface area contributed by atoms with Crippen molar-refractivity contribution in [1.82, 2.24) is 0 Å². The minimum atomic E-state index is -0.811. The normalized spacial score (nSPS) is 13.1. The summed E-state index contributed by atoms with van der Waals surface area (Å²) in [7, 11) is 0. The van der Waals surface area contributed by atoms with Gasteiger partial charge in [0.05, 0.1) is 17.8 Å². The Labute approximate surface area is 75.2 Å². The molecule has 0 aromatic heterocycles. The number of rotatable bonds is 5. The molecule has 0 aromatic rings. The van der Waals surface area contributed by atoms with E-state index in [1.54, 1.807) is 19.9 Å². The van der Waals surface area contributed by atoms with Crippen molar-refractivity contribution in [2.24, 2.45) is 0 Å². The number of hydrogen-bond donors (Lipinski definition) is 1. The molecule has 0 saturated heterocycles. The Morgan fingerprint density at radius 2 is 1.83 bits per heavy atom. The van der Waals surface area contributed by atoms with Gasteiger partial charge in [-0.2, -0.15) is 0 Å². The van der Waals surface area contributed by atoms with E-state index in [-0.39, 0.29) is 0 Å². The highest BCUT2D eigenvalue weighted by Crippen LogP contribution is 2.24. The average Bonchev–Trinajstić information content (AvgIpc) is 1.85. The lowest BCUT2D eigenvalue weighted by molar-refractivity contribution is -0.146. The minimum Gasteiger partial charge on any atom is -0.387 e. The van der Waals surface area contributed by atoms with Crippen molar-refractivity contribution in [3.8, 4) is 0 Å². The van der Waals surface area contributed by atoms with E-state index in [0.717, 1.165) is 6.42 Å². The molecule has 0 aromatic carbocycles. The first-order valence-electron chi connectivity index (χ1n) is 4.28. The molecule has 0 atom stereocenters. The number of ether oxygens (including phenoxy) is 1. The number of aliphatic hydroxyl groups is 1. The first kappa shape index (κ1) is 11.7. The van der Waals surface area contributed by atoms with Crippen LogP contribution in [0.5, 0.6) is 0 Å². The zero-order valence-corrected chi connectivity index (χ0v) is 8.55. The Morgan fingerprint density at radius 1 is 1.33 bits per heavy atom. The van der Waals surface area contributed by atoms with Crippen molar-refractivity contribution < 1.29 is 9.84 Å². The summed E-state index contributed by atoms with van der Waals surface area (Å²) in [5, 5.41) is 9.69. The standard InChI is InChI=1S/C10H20O2/c1-6-7-8-12-10(4,5)9(2,3)11/h6,11H,1,7-8H2,2-5H3. The average molecular weight is 172 g/mol. The summed E-state index contributed by atoms with van der Waals surface area (Å²) in [5.41, 5.74) is -1.32. The third-order valence-electron chi connectivity index (χ3n) is 2.26. The molecule has 0 aliphatic heterocycles. The van der Waals surface area contributed by atoms with Gasteiger partial charge in [-0.25, -0.2) is 0 Å². The first-order valence-corrected chi connectivity index (χ1v) is 4.28. The fourth-order valence-corrected chi connectivity index (χ4v) is 0.574. The van der Waals surface area contributed by atoms with E-state index in [9.17, 15) is 5.11 Å². The lowest BCUT2D eigenvalue weighted by Crippen LogP contribution is -2.47. The second-order valence-electron chi connectivity index (χ2n) is 4.00. The van der Waals surface area contributed by atoms with Crippen molar-refractivity contribution in [3.63, 3.8) is 0 Å². The van der Waals surface area contributed by atoms with Crippen LogP contribution >= 0.6 is 0 Å². The summed E-state index contributed by atoms with van der Waals surface area (Å²) >= 11 is 0. The Hall–Kier alpha value is -0.340. The zero-order chi connectivity index (χ0) is 9.83. The van der Waals surface area contributed by atoms with Crippen LogP contribution in [0.4, 0.5) is 0 Å². The molecule has 0 spiro atoms. The van der Waals surface area contributed by atoms with Crippen molar-refractivity contribution in [2.75, 3.05) is 6.61 Å². The van der Waals surface area contributed by atoms with Crippen LogP contribution in [0, 0.1) is 0 Å². The maximum Gasteiger partial charge on any atom is 0.0906 e. The quantitative estimate of drug-likeness (QED) is 0.508. The van der Waals surface area contributed by atoms with Crippen LogP contribution in [0.3, 0.4) is 0 Å². The van der Waals surface area contributed by atoms with Crippen LogP contribution in [0.25, 0.3) is 0 Å². The van der Waals surface area contributed by atoms with Crippen LogP contribution < -0.4 is 0 Å². The van der Waals surface area contributed by atoms with Gasteiger partial charge in [-0.05, 0) is 34.1 Å². The Bertz CT molecular complexity index is 142. The molecule has 72 valence electrons. The highest BCUT2D eigenvalue weighted by Gasteiger charge is 2.35. The van der Waals surface area contributed by atoms with E-state index < -0.39 is 11.2 Å². The highest BCUT2D eigenvalue weighted by molar-refractivity contribution is 4.87. The summed E-state index contributed by atoms with van der Waals surface area (Å²) in [4.78, 5) is 0. The van der Waals surface area contributed by atoms with E-state index in [1.807, 2.05) is 13.8 Å². The zero-order valence-electron chi connectivity index (χ0n) is 8.55. The molecule has 0 radical (unpaired) electrons. The molecule has 0 saturated carbocycles. The fraction of sp³-hybridized carbons (Fsp3) is 0.800. The van der Waals surface area contributed by atoms with Gasteiger partial charge in [0.15, 0.2) is 0 Å². The maximum absolute atomic E-state index is 9.69. The summed E-state index contributed by atoms with van der Waals surface area (Å²) in [6.45, 7) is 11.5. The molecule has 1 N–H and O–H groups in total. The van der Waals surface area contributed by atoms with Gasteiger partial charge < -0.3 is 9.84 Å². The van der Waals surface area contributed by atoms with E-state index in [2.05, 4.69) is 6.58 Å². The molecular formula is C10H20O2. The van der Waals surface area contributed by atoms with Crippen LogP contribution in [-0.2, 0) is 4.74 Å². The van der Waals surface area contributed by atoms with Crippen molar-refractivity contribution in [1.29, 1.82) is 0 Å². The second-order valence-corrected chi connectivity index (χ2v) is 4.00. The fourth-order valence-electron chi connectivity index (χ4n) is 0.574. The molecule has 2 heteroatoms. The maximum atomic E-state index is 9.69. The Balaban J connectivity index is 3.95. The van der Waals surface area contributed by atoms with E-state index in [4.69, 9.17) is 4.74 Å². The largest absolute Gasteiger partial charge is 0.387 e. The molecule has 0 bridgehead atoms. The SMILES string of the molecule is C=CCCOC(C)(C)C(C)(C)O. The lowest BCUT2D eigenvalue weighted by Gasteiger charge is -2.37. The van der Waals surface area contributed by atoms with Crippen LogP contribution in [-0.4, -0.2) is 22.9 Å². The first-order chi connectivity index (χ1) is 5.31. The van der Waals surface area contributed by atoms with Crippen LogP contribution in [0.2, 0.25) is 0 Å². The predicted molar refractivity (Wildman–Crippen MR) is 51.1 cm³/mol. The smallest absolute Gasteiger partial charge is 0.0906 e. The van der Waals surface area contributed by atoms with Gasteiger partial charge in [0.25, 0.3) is 0 Å². The molecule has 0 aliphatic rings. The van der Waals surface area contributed by atoms with E-state index in [0.29, 0.717) is 6.61 Å². The molecule has 0 heterocycles. The van der Waals surface area contributed by atoms with Crippen molar-refractivity contribution in [2.45, 2.75) is 45.3 Å². The molecule has 12 heavy (non-hydrogen) atoms. The molecule has 0 amide bonds. The minimum absolute atomic E-state index is 0.504. The summed E-state index contributed by atoms with van der Waals surface area (Å²) in [6.07, 6.45) is 2.62. The lowest BCUT2D eigenvalue weighted by atomic mass is 9.89. The van der Waals surface area contributed by atoms with E-state index >= 15 is 0 Å². The Kier molecular flexibility index (Phi) is 3.94.